The van der Waals surface area contributed by atoms with Crippen LogP contribution < -0.4 is 16.0 Å². The molecule has 0 bridgehead atoms. The van der Waals surface area contributed by atoms with Crippen LogP contribution in [0.4, 0.5) is 0 Å². The van der Waals surface area contributed by atoms with Crippen LogP contribution in [0.5, 0.6) is 0 Å². The minimum absolute atomic E-state index is 0.147. The van der Waals surface area contributed by atoms with Gasteiger partial charge in [-0.15, -0.1) is 0 Å². The number of aliphatic hydroxyl groups excluding tert-OH is 18. The predicted molar refractivity (Wildman–Crippen MR) is 437 cm³/mol. The van der Waals surface area contributed by atoms with Gasteiger partial charge in [0.05, 0.1) is 70.0 Å². The number of hydrogen-bond acceptors (Lipinski definition) is 34. The van der Waals surface area contributed by atoms with Crippen molar-refractivity contribution < 1.29 is 173 Å². The number of carbonyl (C=O) groups is 4. The lowest BCUT2D eigenvalue weighted by Crippen LogP contribution is -2.72. The number of carboxylic acid groups (broad SMARTS) is 1. The molecule has 6 saturated heterocycles. The summed E-state index contributed by atoms with van der Waals surface area (Å²) < 4.78 is 72.3. The van der Waals surface area contributed by atoms with E-state index in [4.69, 9.17) is 56.8 Å². The van der Waals surface area contributed by atoms with E-state index in [-0.39, 0.29) is 12.3 Å². The van der Waals surface area contributed by atoms with Crippen LogP contribution in [-0.2, 0) is 76.0 Å². The zero-order chi connectivity index (χ0) is 90.3. The minimum Gasteiger partial charge on any atom is -0.477 e. The molecular formula is C85H151N3O35. The Morgan fingerprint density at radius 3 is 1.35 bits per heavy atom. The number of carbonyl (C=O) groups excluding carboxylic acids is 3. The summed E-state index contributed by atoms with van der Waals surface area (Å²) in [4.78, 5) is 52.8. The number of aliphatic hydroxyl groups is 18. The van der Waals surface area contributed by atoms with Crippen molar-refractivity contribution in [3.8, 4) is 0 Å². The highest BCUT2D eigenvalue weighted by molar-refractivity contribution is 5.77. The van der Waals surface area contributed by atoms with Crippen LogP contribution in [0.3, 0.4) is 0 Å². The van der Waals surface area contributed by atoms with E-state index in [1.807, 2.05) is 6.08 Å². The van der Waals surface area contributed by atoms with E-state index in [1.54, 1.807) is 6.08 Å². The van der Waals surface area contributed by atoms with E-state index in [2.05, 4.69) is 41.9 Å². The summed E-state index contributed by atoms with van der Waals surface area (Å²) in [5, 5.41) is 221. The van der Waals surface area contributed by atoms with Gasteiger partial charge in [-0.1, -0.05) is 192 Å². The van der Waals surface area contributed by atoms with Gasteiger partial charge in [-0.2, -0.15) is 0 Å². The van der Waals surface area contributed by atoms with Gasteiger partial charge < -0.3 is 170 Å². The SMILES string of the molecule is CCCCCCCC/C=C\CCCCCCCCCCCCCC(=O)N[C@@H](CO[C@@H]1OC(CO)[C@@H](O[C@@H]2OC(CO)[C@H](O)[C@H](O[C@@H]3OC(CO)[C@@H](O[C@@H]4OC(CO)[C@H](O)[C@H](O[C@]5(C(=O)O)CC(O)[C@@H](NC(C)=O)C([C@H](O)[C@H](O)CO)O5)C4O)[C@H](O[C@H]4OC(C)[C@@H](O)C(O)[C@@H]4O)C3NC(C)=O)C2O)[C@H](O)C1O)[C@H](O)/C=C/CCCCCCCCCCCCC. The summed E-state index contributed by atoms with van der Waals surface area (Å²) in [6.07, 6.45) is -16.9. The topological polar surface area (TPSA) is 600 Å². The van der Waals surface area contributed by atoms with E-state index in [0.717, 1.165) is 78.1 Å². The highest BCUT2D eigenvalue weighted by atomic mass is 16.8. The van der Waals surface area contributed by atoms with Crippen LogP contribution in [0.15, 0.2) is 24.3 Å². The fourth-order valence-corrected chi connectivity index (χ4v) is 16.5. The molecule has 0 aromatic rings. The molecule has 22 N–H and O–H groups in total. The summed E-state index contributed by atoms with van der Waals surface area (Å²) in [7, 11) is 0. The van der Waals surface area contributed by atoms with Crippen molar-refractivity contribution in [2.45, 2.75) is 448 Å². The monoisotopic (exact) mass is 1770 g/mol. The second kappa shape index (κ2) is 57.4. The van der Waals surface area contributed by atoms with Gasteiger partial charge >= 0.3 is 5.97 Å². The van der Waals surface area contributed by atoms with Crippen LogP contribution in [0.25, 0.3) is 0 Å². The third kappa shape index (κ3) is 33.5. The molecule has 716 valence electrons. The Bertz CT molecular complexity index is 2980. The highest BCUT2D eigenvalue weighted by Gasteiger charge is 2.62. The van der Waals surface area contributed by atoms with E-state index in [0.29, 0.717) is 12.8 Å². The molecule has 38 heteroatoms. The maximum absolute atomic E-state index is 13.7. The minimum atomic E-state index is -3.28. The van der Waals surface area contributed by atoms with Gasteiger partial charge in [0.25, 0.3) is 5.79 Å². The first-order valence-electron chi connectivity index (χ1n) is 45.1. The first-order valence-corrected chi connectivity index (χ1v) is 45.1. The Morgan fingerprint density at radius 2 is 0.854 bits per heavy atom. The summed E-state index contributed by atoms with van der Waals surface area (Å²) in [6.45, 7) is 1.52. The van der Waals surface area contributed by atoms with Crippen molar-refractivity contribution in [1.29, 1.82) is 0 Å². The zero-order valence-electron chi connectivity index (χ0n) is 72.4. The average Bonchev–Trinajstić information content (AvgIpc) is 0.752. The molecule has 6 fully saturated rings. The highest BCUT2D eigenvalue weighted by Crippen LogP contribution is 2.41. The van der Waals surface area contributed by atoms with Gasteiger partial charge in [0.2, 0.25) is 17.7 Å². The number of hydrogen-bond donors (Lipinski definition) is 22. The average molecular weight is 1780 g/mol. The molecule has 33 atom stereocenters. The van der Waals surface area contributed by atoms with Gasteiger partial charge in [-0.3, -0.25) is 14.4 Å². The third-order valence-corrected chi connectivity index (χ3v) is 23.8. The first-order chi connectivity index (χ1) is 59.0. The predicted octanol–water partition coefficient (Wildman–Crippen LogP) is -0.0740. The summed E-state index contributed by atoms with van der Waals surface area (Å²) in [6, 6.07) is -4.81. The lowest BCUT2D eigenvalue weighted by atomic mass is 9.88. The van der Waals surface area contributed by atoms with Gasteiger partial charge in [0, 0.05) is 26.7 Å². The normalized spacial score (nSPS) is 35.5. The Kier molecular flexibility index (Phi) is 50.3. The van der Waals surface area contributed by atoms with Crippen molar-refractivity contribution in [3.63, 3.8) is 0 Å². The quantitative estimate of drug-likeness (QED) is 0.0280. The molecular weight excluding hydrogens is 1620 g/mol. The molecule has 0 aromatic carbocycles. The Labute approximate surface area is 722 Å². The van der Waals surface area contributed by atoms with Gasteiger partial charge in [-0.05, 0) is 51.9 Å². The molecule has 38 nitrogen and oxygen atoms in total. The fourth-order valence-electron chi connectivity index (χ4n) is 16.5. The number of aliphatic carboxylic acids is 1. The molecule has 6 rings (SSSR count). The molecule has 0 radical (unpaired) electrons. The fraction of sp³-hybridized carbons (Fsp3) is 0.906. The summed E-state index contributed by atoms with van der Waals surface area (Å²) in [5.41, 5.74) is 0. The maximum atomic E-state index is 13.7. The van der Waals surface area contributed by atoms with E-state index in [9.17, 15) is 116 Å². The number of ether oxygens (including phenoxy) is 12. The number of rotatable bonds is 59. The molecule has 12 unspecified atom stereocenters. The van der Waals surface area contributed by atoms with Crippen molar-refractivity contribution in [2.75, 3.05) is 39.6 Å². The molecule has 0 saturated carbocycles. The van der Waals surface area contributed by atoms with Gasteiger partial charge in [0.1, 0.15) is 134 Å². The van der Waals surface area contributed by atoms with Crippen molar-refractivity contribution in [1.82, 2.24) is 16.0 Å². The molecule has 6 heterocycles. The summed E-state index contributed by atoms with van der Waals surface area (Å²) in [5.74, 6) is -7.57. The number of carboxylic acids is 1. The van der Waals surface area contributed by atoms with Crippen molar-refractivity contribution in [2.24, 2.45) is 0 Å². The third-order valence-electron chi connectivity index (χ3n) is 23.8. The summed E-state index contributed by atoms with van der Waals surface area (Å²) >= 11 is 0. The molecule has 6 aliphatic heterocycles. The number of nitrogens with one attached hydrogen (secondary N) is 3. The van der Waals surface area contributed by atoms with Crippen LogP contribution >= 0.6 is 0 Å². The largest absolute Gasteiger partial charge is 0.477 e. The van der Waals surface area contributed by atoms with Crippen LogP contribution in [-0.4, -0.2) is 362 Å². The molecule has 6 aliphatic rings. The Morgan fingerprint density at radius 1 is 0.439 bits per heavy atom. The van der Waals surface area contributed by atoms with E-state index in [1.165, 1.54) is 129 Å². The Balaban J connectivity index is 1.16. The number of amides is 3. The van der Waals surface area contributed by atoms with Crippen LogP contribution in [0.1, 0.15) is 247 Å². The number of unbranched alkanes of at least 4 members (excludes halogenated alkanes) is 28. The molecule has 0 aromatic heterocycles. The lowest BCUT2D eigenvalue weighted by molar-refractivity contribution is -0.399. The van der Waals surface area contributed by atoms with Gasteiger partial charge in [-0.25, -0.2) is 4.79 Å². The molecule has 123 heavy (non-hydrogen) atoms. The van der Waals surface area contributed by atoms with Gasteiger partial charge in [0.15, 0.2) is 31.5 Å². The van der Waals surface area contributed by atoms with Crippen LogP contribution in [0.2, 0.25) is 0 Å². The second-order valence-corrected chi connectivity index (χ2v) is 33.8. The van der Waals surface area contributed by atoms with E-state index >= 15 is 0 Å². The molecule has 0 spiro atoms. The molecule has 0 aliphatic carbocycles. The zero-order valence-corrected chi connectivity index (χ0v) is 72.4. The first kappa shape index (κ1) is 108. The molecule has 3 amide bonds. The maximum Gasteiger partial charge on any atom is 0.364 e. The number of allylic oxidation sites excluding steroid dienone is 3. The second-order valence-electron chi connectivity index (χ2n) is 33.8. The van der Waals surface area contributed by atoms with Crippen molar-refractivity contribution >= 4 is 23.7 Å². The lowest BCUT2D eigenvalue weighted by Gasteiger charge is -2.52. The smallest absolute Gasteiger partial charge is 0.364 e. The Hall–Kier alpha value is -3.84. The van der Waals surface area contributed by atoms with Crippen LogP contribution in [0, 0.1) is 0 Å². The van der Waals surface area contributed by atoms with Crippen molar-refractivity contribution in [3.05, 3.63) is 24.3 Å². The van der Waals surface area contributed by atoms with E-state index < -0.39 is 266 Å². The standard InChI is InChI=1S/C85H151N3O35/c1-6-8-10-12-14-16-18-20-21-22-23-24-25-26-27-29-31-33-35-37-39-41-60(99)88-52(53(96)40-38-36-34-32-30-28-19-17-15-13-11-9-7-2)48-112-80-70(107)68(105)73(58(46-92)117-80)118-82-71(108)77(65(102)56(44-90)114-82)121-79-62(87-51(5)95)76(120-81-69(106)67(104)63(100)49(3)113-81)74(59(47-93)116-79)119-83-72(109)78(66(103)57(45-91)115-83)123-85(84(110)111)42-54(97)61(86-50(4)94)75(122-85)64(101)55(98)43-89/h20-21,38,40,49,52-59,61-83,89-93,96-98,100-109H,6-19,22-37,39,41-48H2,1-5H3,(H,86,94)(H,87,95)(H,88,99)(H,110,111)/b21-20-,40-38+/t49?,52-,53+,54?,55+,56?,57?,58?,59?,61+,62?,63+,64+,65-,66-,67?,68+,69-,70?,71?,72?,73+,74+,75?,76+,77-,78-,79-,80+,81+,82-,83-,85-/m0/s1.